The van der Waals surface area contributed by atoms with E-state index < -0.39 is 0 Å². The monoisotopic (exact) mass is 263 g/mol. The molecule has 4 heteroatoms. The van der Waals surface area contributed by atoms with Crippen LogP contribution in [0.15, 0.2) is 24.3 Å². The first-order valence-corrected chi connectivity index (χ1v) is 6.79. The van der Waals surface area contributed by atoms with Crippen LogP contribution in [0.25, 0.3) is 0 Å². The lowest BCUT2D eigenvalue weighted by Crippen LogP contribution is -2.41. The minimum Gasteiger partial charge on any atom is -0.394 e. The van der Waals surface area contributed by atoms with E-state index in [1.54, 1.807) is 0 Å². The Bertz CT molecular complexity index is 408. The van der Waals surface area contributed by atoms with Crippen molar-refractivity contribution in [2.45, 2.75) is 25.9 Å². The Hall–Kier alpha value is -1.39. The molecule has 0 aromatic heterocycles. The molecule has 0 saturated carbocycles. The number of piperidine rings is 1. The van der Waals surface area contributed by atoms with E-state index in [4.69, 9.17) is 9.84 Å². The number of hydrogen-bond donors (Lipinski definition) is 1. The highest BCUT2D eigenvalue weighted by molar-refractivity contribution is 5.94. The first-order valence-electron chi connectivity index (χ1n) is 6.79. The Balaban J connectivity index is 1.87. The molecule has 0 unspecified atom stereocenters. The summed E-state index contributed by atoms with van der Waals surface area (Å²) in [6.45, 7) is 3.91. The second-order valence-corrected chi connectivity index (χ2v) is 4.95. The fourth-order valence-corrected chi connectivity index (χ4v) is 2.32. The van der Waals surface area contributed by atoms with Crippen LogP contribution in [0.5, 0.6) is 0 Å². The Labute approximate surface area is 114 Å². The van der Waals surface area contributed by atoms with E-state index in [0.29, 0.717) is 6.61 Å². The second-order valence-electron chi connectivity index (χ2n) is 4.95. The predicted octanol–water partition coefficient (Wildman–Crippen LogP) is 1.61. The van der Waals surface area contributed by atoms with Crippen molar-refractivity contribution in [3.8, 4) is 0 Å². The van der Waals surface area contributed by atoms with Crippen LogP contribution in [0.4, 0.5) is 0 Å². The van der Waals surface area contributed by atoms with Crippen molar-refractivity contribution >= 4 is 5.91 Å². The average Bonchev–Trinajstić information content (AvgIpc) is 2.46. The van der Waals surface area contributed by atoms with Crippen molar-refractivity contribution in [3.05, 3.63) is 35.4 Å². The van der Waals surface area contributed by atoms with Gasteiger partial charge in [0, 0.05) is 18.7 Å². The highest BCUT2D eigenvalue weighted by Crippen LogP contribution is 2.16. The van der Waals surface area contributed by atoms with E-state index in [2.05, 4.69) is 0 Å². The van der Waals surface area contributed by atoms with Crippen LogP contribution in [0.3, 0.4) is 0 Å². The van der Waals surface area contributed by atoms with Gasteiger partial charge in [-0.15, -0.1) is 0 Å². The highest BCUT2D eigenvalue weighted by atomic mass is 16.5. The molecule has 1 aliphatic heterocycles. The van der Waals surface area contributed by atoms with E-state index in [9.17, 15) is 4.79 Å². The number of aryl methyl sites for hydroxylation is 1. The lowest BCUT2D eigenvalue weighted by Gasteiger charge is -2.32. The maximum Gasteiger partial charge on any atom is 0.253 e. The van der Waals surface area contributed by atoms with Gasteiger partial charge in [0.15, 0.2) is 0 Å². The molecule has 4 nitrogen and oxygen atoms in total. The van der Waals surface area contributed by atoms with Crippen molar-refractivity contribution < 1.29 is 14.6 Å². The number of carbonyl (C=O) groups is 1. The van der Waals surface area contributed by atoms with Crippen molar-refractivity contribution in [2.24, 2.45) is 0 Å². The van der Waals surface area contributed by atoms with Crippen molar-refractivity contribution in [1.29, 1.82) is 0 Å². The zero-order valence-electron chi connectivity index (χ0n) is 11.3. The molecule has 1 aliphatic rings. The summed E-state index contributed by atoms with van der Waals surface area (Å²) in [5.74, 6) is 0.0978. The number of likely N-dealkylation sites (tertiary alicyclic amines) is 1. The molecule has 1 aromatic rings. The minimum atomic E-state index is 0.0580. The van der Waals surface area contributed by atoms with Crippen LogP contribution in [0.2, 0.25) is 0 Å². The molecule has 0 atom stereocenters. The number of hydrogen-bond acceptors (Lipinski definition) is 3. The Morgan fingerprint density at radius 1 is 1.32 bits per heavy atom. The number of amides is 1. The number of ether oxygens (including phenoxy) is 1. The summed E-state index contributed by atoms with van der Waals surface area (Å²) in [4.78, 5) is 14.2. The van der Waals surface area contributed by atoms with Crippen molar-refractivity contribution in [1.82, 2.24) is 4.90 Å². The largest absolute Gasteiger partial charge is 0.394 e. The van der Waals surface area contributed by atoms with Crippen LogP contribution in [0.1, 0.15) is 28.8 Å². The highest BCUT2D eigenvalue weighted by Gasteiger charge is 2.23. The molecule has 0 bridgehead atoms. The third kappa shape index (κ3) is 3.78. The van der Waals surface area contributed by atoms with E-state index in [0.717, 1.165) is 37.1 Å². The van der Waals surface area contributed by atoms with Crippen molar-refractivity contribution in [3.63, 3.8) is 0 Å². The van der Waals surface area contributed by atoms with Crippen LogP contribution in [-0.2, 0) is 4.74 Å². The molecule has 1 N–H and O–H groups in total. The van der Waals surface area contributed by atoms with E-state index >= 15 is 0 Å². The van der Waals surface area contributed by atoms with Gasteiger partial charge in [0.2, 0.25) is 0 Å². The summed E-state index contributed by atoms with van der Waals surface area (Å²) in [5.41, 5.74) is 1.91. The summed E-state index contributed by atoms with van der Waals surface area (Å²) in [6.07, 6.45) is 1.86. The van der Waals surface area contributed by atoms with E-state index in [1.807, 2.05) is 36.1 Å². The van der Waals surface area contributed by atoms with Gasteiger partial charge in [-0.1, -0.05) is 17.7 Å². The smallest absolute Gasteiger partial charge is 0.253 e. The normalized spacial score (nSPS) is 16.6. The van der Waals surface area contributed by atoms with Gasteiger partial charge in [0.25, 0.3) is 5.91 Å². The molecule has 1 aromatic carbocycles. The zero-order chi connectivity index (χ0) is 13.7. The fraction of sp³-hybridized carbons (Fsp3) is 0.533. The first-order chi connectivity index (χ1) is 9.20. The summed E-state index contributed by atoms with van der Waals surface area (Å²) in [6, 6.07) is 7.69. The molecule has 19 heavy (non-hydrogen) atoms. The minimum absolute atomic E-state index is 0.0580. The second kappa shape index (κ2) is 6.68. The van der Waals surface area contributed by atoms with Gasteiger partial charge in [-0.25, -0.2) is 0 Å². The maximum absolute atomic E-state index is 12.3. The number of aliphatic hydroxyl groups is 1. The van der Waals surface area contributed by atoms with Crippen molar-refractivity contribution in [2.75, 3.05) is 26.3 Å². The Morgan fingerprint density at radius 2 is 1.95 bits per heavy atom. The van der Waals surface area contributed by atoms with Gasteiger partial charge in [-0.05, 0) is 31.9 Å². The van der Waals surface area contributed by atoms with Gasteiger partial charge in [-0.2, -0.15) is 0 Å². The van der Waals surface area contributed by atoms with Gasteiger partial charge < -0.3 is 14.7 Å². The molecule has 1 saturated heterocycles. The lowest BCUT2D eigenvalue weighted by molar-refractivity contribution is -0.00554. The summed E-state index contributed by atoms with van der Waals surface area (Å²) < 4.78 is 5.49. The zero-order valence-corrected chi connectivity index (χ0v) is 11.3. The first kappa shape index (κ1) is 14.0. The topological polar surface area (TPSA) is 49.8 Å². The molecule has 1 amide bonds. The molecule has 1 fully saturated rings. The SMILES string of the molecule is Cc1ccc(C(=O)N2CCC(OCCO)CC2)cc1. The molecular formula is C15H21NO3. The van der Waals surface area contributed by atoms with Crippen LogP contribution in [0, 0.1) is 6.92 Å². The number of aliphatic hydroxyl groups excluding tert-OH is 1. The predicted molar refractivity (Wildman–Crippen MR) is 73.1 cm³/mol. The number of rotatable bonds is 4. The molecule has 0 radical (unpaired) electrons. The Morgan fingerprint density at radius 3 is 2.53 bits per heavy atom. The molecule has 104 valence electrons. The van der Waals surface area contributed by atoms with Crippen LogP contribution < -0.4 is 0 Å². The number of carbonyl (C=O) groups excluding carboxylic acids is 1. The maximum atomic E-state index is 12.3. The standard InChI is InChI=1S/C15H21NO3/c1-12-2-4-13(5-3-12)15(18)16-8-6-14(7-9-16)19-11-10-17/h2-5,14,17H,6-11H2,1H3. The van der Waals surface area contributed by atoms with Gasteiger partial charge in [0.05, 0.1) is 19.3 Å². The lowest BCUT2D eigenvalue weighted by atomic mass is 10.1. The summed E-state index contributed by atoms with van der Waals surface area (Å²) in [7, 11) is 0. The van der Waals surface area contributed by atoms with E-state index in [-0.39, 0.29) is 18.6 Å². The molecular weight excluding hydrogens is 242 g/mol. The van der Waals surface area contributed by atoms with Gasteiger partial charge in [-0.3, -0.25) is 4.79 Å². The van der Waals surface area contributed by atoms with Gasteiger partial charge in [0.1, 0.15) is 0 Å². The quantitative estimate of drug-likeness (QED) is 0.898. The number of benzene rings is 1. The third-order valence-corrected chi connectivity index (χ3v) is 3.47. The van der Waals surface area contributed by atoms with E-state index in [1.165, 1.54) is 0 Å². The summed E-state index contributed by atoms with van der Waals surface area (Å²) >= 11 is 0. The summed E-state index contributed by atoms with van der Waals surface area (Å²) in [5, 5.41) is 8.72. The van der Waals surface area contributed by atoms with Gasteiger partial charge >= 0.3 is 0 Å². The number of nitrogens with zero attached hydrogens (tertiary/aromatic N) is 1. The van der Waals surface area contributed by atoms with Crippen LogP contribution >= 0.6 is 0 Å². The molecule has 0 spiro atoms. The molecule has 1 heterocycles. The molecule has 0 aliphatic carbocycles. The molecule has 2 rings (SSSR count). The Kier molecular flexibility index (Phi) is 4.93. The third-order valence-electron chi connectivity index (χ3n) is 3.47. The fourth-order valence-electron chi connectivity index (χ4n) is 2.32. The average molecular weight is 263 g/mol. The van der Waals surface area contributed by atoms with Crippen LogP contribution in [-0.4, -0.2) is 48.3 Å².